The molecule has 138 valence electrons. The van der Waals surface area contributed by atoms with Crippen LogP contribution >= 0.6 is 0 Å². The first kappa shape index (κ1) is 18.4. The van der Waals surface area contributed by atoms with Gasteiger partial charge in [-0.25, -0.2) is 9.78 Å². The average molecular weight is 362 g/mol. The quantitative estimate of drug-likeness (QED) is 0.610. The molecular formula is C21H22N4O2. The van der Waals surface area contributed by atoms with E-state index >= 15 is 0 Å². The van der Waals surface area contributed by atoms with Gasteiger partial charge in [-0.15, -0.1) is 0 Å². The second-order valence-corrected chi connectivity index (χ2v) is 5.97. The molecule has 0 atom stereocenters. The molecule has 0 saturated carbocycles. The summed E-state index contributed by atoms with van der Waals surface area (Å²) >= 11 is 0. The van der Waals surface area contributed by atoms with E-state index in [2.05, 4.69) is 39.7 Å². The van der Waals surface area contributed by atoms with Crippen LogP contribution < -0.4 is 10.6 Å². The van der Waals surface area contributed by atoms with Crippen molar-refractivity contribution in [3.05, 3.63) is 77.5 Å². The molecule has 0 aliphatic rings. The molecule has 2 aromatic carbocycles. The van der Waals surface area contributed by atoms with Gasteiger partial charge in [-0.3, -0.25) is 0 Å². The fourth-order valence-corrected chi connectivity index (χ4v) is 2.55. The van der Waals surface area contributed by atoms with E-state index in [4.69, 9.17) is 4.74 Å². The van der Waals surface area contributed by atoms with E-state index in [1.54, 1.807) is 31.3 Å². The maximum Gasteiger partial charge on any atom is 0.338 e. The molecule has 0 fully saturated rings. The van der Waals surface area contributed by atoms with Crippen molar-refractivity contribution in [2.24, 2.45) is 0 Å². The van der Waals surface area contributed by atoms with Crippen LogP contribution in [0.3, 0.4) is 0 Å². The number of benzene rings is 2. The van der Waals surface area contributed by atoms with Gasteiger partial charge in [0, 0.05) is 18.4 Å². The first-order chi connectivity index (χ1) is 13.2. The fourth-order valence-electron chi connectivity index (χ4n) is 2.55. The predicted molar refractivity (Wildman–Crippen MR) is 106 cm³/mol. The van der Waals surface area contributed by atoms with Crippen molar-refractivity contribution in [3.63, 3.8) is 0 Å². The van der Waals surface area contributed by atoms with E-state index < -0.39 is 0 Å². The van der Waals surface area contributed by atoms with Gasteiger partial charge < -0.3 is 15.4 Å². The maximum atomic E-state index is 11.7. The molecule has 6 heteroatoms. The minimum Gasteiger partial charge on any atom is -0.462 e. The lowest BCUT2D eigenvalue weighted by atomic mass is 10.1. The van der Waals surface area contributed by atoms with Crippen LogP contribution in [-0.4, -0.2) is 22.5 Å². The summed E-state index contributed by atoms with van der Waals surface area (Å²) in [6.07, 6.45) is 1.70. The van der Waals surface area contributed by atoms with Crippen LogP contribution in [0.25, 0.3) is 0 Å². The van der Waals surface area contributed by atoms with Crippen molar-refractivity contribution >= 4 is 23.4 Å². The van der Waals surface area contributed by atoms with E-state index in [0.29, 0.717) is 30.5 Å². The monoisotopic (exact) mass is 362 g/mol. The lowest BCUT2D eigenvalue weighted by molar-refractivity contribution is 0.0526. The highest BCUT2D eigenvalue weighted by Gasteiger charge is 2.06. The Bertz CT molecular complexity index is 910. The molecule has 0 radical (unpaired) electrons. The Kier molecular flexibility index (Phi) is 5.99. The molecule has 0 aliphatic carbocycles. The fraction of sp³-hybridized carbons (Fsp3) is 0.190. The molecule has 6 nitrogen and oxygen atoms in total. The first-order valence-electron chi connectivity index (χ1n) is 8.81. The van der Waals surface area contributed by atoms with E-state index in [0.717, 1.165) is 5.69 Å². The van der Waals surface area contributed by atoms with Gasteiger partial charge in [0.2, 0.25) is 5.95 Å². The van der Waals surface area contributed by atoms with Crippen molar-refractivity contribution in [2.45, 2.75) is 20.4 Å². The van der Waals surface area contributed by atoms with Crippen LogP contribution in [0.5, 0.6) is 0 Å². The number of rotatable bonds is 7. The standard InChI is InChI=1S/C21H22N4O2/c1-3-27-20(26)16-8-10-18(11-9-16)24-19-12-13-22-21(25-19)23-14-17-7-5-4-6-15(17)2/h4-13H,3,14H2,1-2H3,(H2,22,23,24,25). The number of aryl methyl sites for hydroxylation is 1. The third-order valence-corrected chi connectivity index (χ3v) is 4.02. The summed E-state index contributed by atoms with van der Waals surface area (Å²) in [4.78, 5) is 20.4. The van der Waals surface area contributed by atoms with Gasteiger partial charge in [0.1, 0.15) is 5.82 Å². The number of ether oxygens (including phenoxy) is 1. The summed E-state index contributed by atoms with van der Waals surface area (Å²) in [5.74, 6) is 0.890. The van der Waals surface area contributed by atoms with Gasteiger partial charge in [0.25, 0.3) is 0 Å². The number of carbonyl (C=O) groups is 1. The smallest absolute Gasteiger partial charge is 0.338 e. The topological polar surface area (TPSA) is 76.1 Å². The lowest BCUT2D eigenvalue weighted by Crippen LogP contribution is -2.06. The highest BCUT2D eigenvalue weighted by molar-refractivity contribution is 5.89. The van der Waals surface area contributed by atoms with Gasteiger partial charge in [-0.2, -0.15) is 4.98 Å². The summed E-state index contributed by atoms with van der Waals surface area (Å²) in [5.41, 5.74) is 3.77. The summed E-state index contributed by atoms with van der Waals surface area (Å²) in [6, 6.07) is 17.1. The SMILES string of the molecule is CCOC(=O)c1ccc(Nc2ccnc(NCc3ccccc3C)n2)cc1. The van der Waals surface area contributed by atoms with E-state index in [1.807, 2.05) is 24.3 Å². The molecule has 0 bridgehead atoms. The highest BCUT2D eigenvalue weighted by Crippen LogP contribution is 2.17. The zero-order chi connectivity index (χ0) is 19.1. The van der Waals surface area contributed by atoms with E-state index in [9.17, 15) is 4.79 Å². The third kappa shape index (κ3) is 5.04. The summed E-state index contributed by atoms with van der Waals surface area (Å²) in [6.45, 7) is 4.88. The molecular weight excluding hydrogens is 340 g/mol. The molecule has 0 spiro atoms. The van der Waals surface area contributed by atoms with Crippen molar-refractivity contribution in [3.8, 4) is 0 Å². The number of nitrogens with zero attached hydrogens (tertiary/aromatic N) is 2. The van der Waals surface area contributed by atoms with Gasteiger partial charge >= 0.3 is 5.97 Å². The number of anilines is 3. The number of hydrogen-bond donors (Lipinski definition) is 2. The molecule has 0 aliphatic heterocycles. The number of esters is 1. The van der Waals surface area contributed by atoms with Crippen LogP contribution in [0.1, 0.15) is 28.4 Å². The molecule has 0 unspecified atom stereocenters. The minimum absolute atomic E-state index is 0.325. The Hall–Kier alpha value is -3.41. The van der Waals surface area contributed by atoms with E-state index in [1.165, 1.54) is 11.1 Å². The molecule has 1 aromatic heterocycles. The second-order valence-electron chi connectivity index (χ2n) is 5.97. The van der Waals surface area contributed by atoms with Crippen LogP contribution in [0.15, 0.2) is 60.8 Å². The average Bonchev–Trinajstić information content (AvgIpc) is 2.68. The van der Waals surface area contributed by atoms with Gasteiger partial charge in [0.05, 0.1) is 12.2 Å². The third-order valence-electron chi connectivity index (χ3n) is 4.02. The largest absolute Gasteiger partial charge is 0.462 e. The van der Waals surface area contributed by atoms with Crippen LogP contribution in [0.2, 0.25) is 0 Å². The molecule has 0 amide bonds. The lowest BCUT2D eigenvalue weighted by Gasteiger charge is -2.10. The Morgan fingerprint density at radius 2 is 1.85 bits per heavy atom. The highest BCUT2D eigenvalue weighted by atomic mass is 16.5. The molecule has 2 N–H and O–H groups in total. The number of hydrogen-bond acceptors (Lipinski definition) is 6. The van der Waals surface area contributed by atoms with Crippen molar-refractivity contribution in [1.29, 1.82) is 0 Å². The summed E-state index contributed by atoms with van der Waals surface area (Å²) < 4.78 is 4.99. The minimum atomic E-state index is -0.325. The second kappa shape index (κ2) is 8.80. The van der Waals surface area contributed by atoms with Crippen LogP contribution in [-0.2, 0) is 11.3 Å². The summed E-state index contributed by atoms with van der Waals surface area (Å²) in [5, 5.41) is 6.45. The van der Waals surface area contributed by atoms with Crippen molar-refractivity contribution in [1.82, 2.24) is 9.97 Å². The van der Waals surface area contributed by atoms with Gasteiger partial charge in [-0.05, 0) is 55.3 Å². The molecule has 3 rings (SSSR count). The van der Waals surface area contributed by atoms with E-state index in [-0.39, 0.29) is 5.97 Å². The Labute approximate surface area is 158 Å². The molecule has 27 heavy (non-hydrogen) atoms. The Balaban J connectivity index is 1.63. The Morgan fingerprint density at radius 3 is 2.59 bits per heavy atom. The summed E-state index contributed by atoms with van der Waals surface area (Å²) in [7, 11) is 0. The zero-order valence-corrected chi connectivity index (χ0v) is 15.4. The van der Waals surface area contributed by atoms with Gasteiger partial charge in [-0.1, -0.05) is 24.3 Å². The number of aromatic nitrogens is 2. The number of nitrogens with one attached hydrogen (secondary N) is 2. The first-order valence-corrected chi connectivity index (χ1v) is 8.81. The van der Waals surface area contributed by atoms with Crippen molar-refractivity contribution in [2.75, 3.05) is 17.2 Å². The molecule has 3 aromatic rings. The zero-order valence-electron chi connectivity index (χ0n) is 15.4. The number of carbonyl (C=O) groups excluding carboxylic acids is 1. The normalized spacial score (nSPS) is 10.3. The Morgan fingerprint density at radius 1 is 1.07 bits per heavy atom. The van der Waals surface area contributed by atoms with Crippen LogP contribution in [0, 0.1) is 6.92 Å². The van der Waals surface area contributed by atoms with Gasteiger partial charge in [0.15, 0.2) is 0 Å². The molecule has 0 saturated heterocycles. The van der Waals surface area contributed by atoms with Crippen LogP contribution in [0.4, 0.5) is 17.5 Å². The maximum absolute atomic E-state index is 11.7. The molecule has 1 heterocycles. The predicted octanol–water partition coefficient (Wildman–Crippen LogP) is 4.32. The van der Waals surface area contributed by atoms with Crippen molar-refractivity contribution < 1.29 is 9.53 Å².